The Balaban J connectivity index is 5.18. The van der Waals surface area contributed by atoms with Crippen LogP contribution in [0.1, 0.15) is 6.92 Å². The van der Waals surface area contributed by atoms with Gasteiger partial charge in [0, 0.05) is 0 Å². The summed E-state index contributed by atoms with van der Waals surface area (Å²) in [5.74, 6) is -0.302. The van der Waals surface area contributed by atoms with E-state index in [4.69, 9.17) is 0 Å². The predicted molar refractivity (Wildman–Crippen MR) is 37.1 cm³/mol. The van der Waals surface area contributed by atoms with E-state index >= 15 is 0 Å². The maximum atomic E-state index is 9.74. The third-order valence-electron chi connectivity index (χ3n) is 0.840. The highest BCUT2D eigenvalue weighted by Crippen LogP contribution is 2.05. The minimum atomic E-state index is -0.302. The fourth-order valence-corrected chi connectivity index (χ4v) is 0.392. The Morgan fingerprint density at radius 1 is 0.917 bits per heavy atom. The van der Waals surface area contributed by atoms with Gasteiger partial charge in [0.25, 0.3) is 0 Å². The van der Waals surface area contributed by atoms with Crippen molar-refractivity contribution in [2.24, 2.45) is 15.0 Å². The first-order valence-corrected chi connectivity index (χ1v) is 2.70. The number of isocyanates is 3. The van der Waals surface area contributed by atoms with Crippen LogP contribution < -0.4 is 0 Å². The quantitative estimate of drug-likeness (QED) is 0.441. The summed E-state index contributed by atoms with van der Waals surface area (Å²) in [7, 11) is 0. The SMILES string of the molecule is CC(N=C=O)=C(N=C=O)N=C=O. The molecule has 6 heteroatoms. The van der Waals surface area contributed by atoms with Crippen molar-refractivity contribution in [3.05, 3.63) is 11.5 Å². The van der Waals surface area contributed by atoms with Gasteiger partial charge in [0.2, 0.25) is 18.2 Å². The molecule has 0 aromatic carbocycles. The van der Waals surface area contributed by atoms with Crippen molar-refractivity contribution in [3.63, 3.8) is 0 Å². The van der Waals surface area contributed by atoms with Crippen molar-refractivity contribution in [2.45, 2.75) is 6.92 Å². The van der Waals surface area contributed by atoms with Gasteiger partial charge >= 0.3 is 0 Å². The lowest BCUT2D eigenvalue weighted by Gasteiger charge is -1.87. The Morgan fingerprint density at radius 3 is 1.67 bits per heavy atom. The van der Waals surface area contributed by atoms with Crippen LogP contribution in [0.4, 0.5) is 0 Å². The molecule has 0 heterocycles. The summed E-state index contributed by atoms with van der Waals surface area (Å²) < 4.78 is 0. The van der Waals surface area contributed by atoms with E-state index in [2.05, 4.69) is 15.0 Å². The van der Waals surface area contributed by atoms with Crippen LogP contribution in [-0.4, -0.2) is 18.2 Å². The molecule has 0 radical (unpaired) electrons. The molecule has 0 saturated carbocycles. The fraction of sp³-hybridized carbons (Fsp3) is 0.167. The Labute approximate surface area is 67.0 Å². The van der Waals surface area contributed by atoms with Gasteiger partial charge in [-0.25, -0.2) is 14.4 Å². The lowest BCUT2D eigenvalue weighted by atomic mass is 10.5. The maximum absolute atomic E-state index is 9.74. The van der Waals surface area contributed by atoms with Gasteiger partial charge < -0.3 is 0 Å². The first-order valence-electron chi connectivity index (χ1n) is 2.70. The molecule has 0 aliphatic carbocycles. The van der Waals surface area contributed by atoms with E-state index in [1.165, 1.54) is 13.0 Å². The molecule has 0 rings (SSSR count). The van der Waals surface area contributed by atoms with Crippen LogP contribution in [0.25, 0.3) is 0 Å². The maximum Gasteiger partial charge on any atom is 0.242 e. The molecule has 0 aliphatic rings. The zero-order valence-corrected chi connectivity index (χ0v) is 6.07. The van der Waals surface area contributed by atoms with Gasteiger partial charge in [0.1, 0.15) is 0 Å². The Morgan fingerprint density at radius 2 is 1.33 bits per heavy atom. The molecular weight excluding hydrogens is 162 g/mol. The number of nitrogens with zero attached hydrogens (tertiary/aromatic N) is 3. The molecule has 12 heavy (non-hydrogen) atoms. The summed E-state index contributed by atoms with van der Waals surface area (Å²) in [6.45, 7) is 1.34. The predicted octanol–water partition coefficient (Wildman–Crippen LogP) is 0.183. The summed E-state index contributed by atoms with van der Waals surface area (Å²) in [5.41, 5.74) is -0.00306. The highest BCUT2D eigenvalue weighted by molar-refractivity contribution is 5.44. The van der Waals surface area contributed by atoms with Crippen molar-refractivity contribution < 1.29 is 14.4 Å². The molecule has 0 aromatic rings. The molecule has 0 bridgehead atoms. The van der Waals surface area contributed by atoms with Crippen molar-refractivity contribution in [1.29, 1.82) is 0 Å². The van der Waals surface area contributed by atoms with Crippen LogP contribution in [0.2, 0.25) is 0 Å². The fourth-order valence-electron chi connectivity index (χ4n) is 0.392. The van der Waals surface area contributed by atoms with Gasteiger partial charge in [-0.1, -0.05) is 0 Å². The van der Waals surface area contributed by atoms with Gasteiger partial charge in [-0.2, -0.15) is 4.99 Å². The van der Waals surface area contributed by atoms with Crippen LogP contribution in [0, 0.1) is 0 Å². The average molecular weight is 165 g/mol. The van der Waals surface area contributed by atoms with E-state index in [0.29, 0.717) is 0 Å². The number of rotatable bonds is 3. The third kappa shape index (κ3) is 3.15. The van der Waals surface area contributed by atoms with Gasteiger partial charge in [0.05, 0.1) is 5.70 Å². The van der Waals surface area contributed by atoms with Crippen LogP contribution in [-0.2, 0) is 14.4 Å². The summed E-state index contributed by atoms with van der Waals surface area (Å²) in [6.07, 6.45) is 3.50. The van der Waals surface area contributed by atoms with E-state index in [1.807, 2.05) is 0 Å². The van der Waals surface area contributed by atoms with Crippen molar-refractivity contribution in [1.82, 2.24) is 0 Å². The standard InChI is InChI=1S/C6H3N3O3/c1-5(7-2-10)6(8-3-11)9-4-12/h1H3. The number of allylic oxidation sites excluding steroid dienone is 1. The Hall–Kier alpha value is -2.12. The van der Waals surface area contributed by atoms with Gasteiger partial charge in [-0.15, -0.1) is 9.98 Å². The highest BCUT2D eigenvalue weighted by atomic mass is 16.1. The van der Waals surface area contributed by atoms with Gasteiger partial charge in [-0.05, 0) is 6.92 Å². The number of hydrogen-bond donors (Lipinski definition) is 0. The molecular formula is C6H3N3O3. The Bertz CT molecular complexity index is 319. The number of hydrogen-bond acceptors (Lipinski definition) is 6. The second-order valence-corrected chi connectivity index (χ2v) is 1.52. The molecule has 0 aliphatic heterocycles. The van der Waals surface area contributed by atoms with Crippen LogP contribution in [0.15, 0.2) is 26.5 Å². The van der Waals surface area contributed by atoms with Crippen LogP contribution >= 0.6 is 0 Å². The smallest absolute Gasteiger partial charge is 0.211 e. The van der Waals surface area contributed by atoms with Gasteiger partial charge in [0.15, 0.2) is 5.82 Å². The molecule has 6 nitrogen and oxygen atoms in total. The third-order valence-corrected chi connectivity index (χ3v) is 0.840. The molecule has 0 fully saturated rings. The van der Waals surface area contributed by atoms with E-state index in [0.717, 1.165) is 12.2 Å². The van der Waals surface area contributed by atoms with Crippen molar-refractivity contribution in [3.8, 4) is 0 Å². The first kappa shape index (κ1) is 9.88. The minimum absolute atomic E-state index is 0.00306. The molecule has 0 aromatic heterocycles. The average Bonchev–Trinajstić information content (AvgIpc) is 2.04. The molecule has 0 saturated heterocycles. The zero-order valence-electron chi connectivity index (χ0n) is 6.07. The molecule has 0 unspecified atom stereocenters. The lowest BCUT2D eigenvalue weighted by molar-refractivity contribution is 0.561. The second kappa shape index (κ2) is 5.65. The van der Waals surface area contributed by atoms with E-state index in [-0.39, 0.29) is 11.5 Å². The normalized spacial score (nSPS) is 6.75. The molecule has 60 valence electrons. The van der Waals surface area contributed by atoms with Crippen LogP contribution in [0.3, 0.4) is 0 Å². The van der Waals surface area contributed by atoms with Crippen molar-refractivity contribution >= 4 is 18.2 Å². The van der Waals surface area contributed by atoms with Gasteiger partial charge in [-0.3, -0.25) is 0 Å². The molecule has 0 N–H and O–H groups in total. The summed E-state index contributed by atoms with van der Waals surface area (Å²) in [6, 6.07) is 0. The molecule has 0 atom stereocenters. The van der Waals surface area contributed by atoms with Crippen LogP contribution in [0.5, 0.6) is 0 Å². The van der Waals surface area contributed by atoms with E-state index in [1.54, 1.807) is 0 Å². The lowest BCUT2D eigenvalue weighted by Crippen LogP contribution is -1.78. The minimum Gasteiger partial charge on any atom is -0.211 e. The highest BCUT2D eigenvalue weighted by Gasteiger charge is 1.96. The monoisotopic (exact) mass is 165 g/mol. The summed E-state index contributed by atoms with van der Waals surface area (Å²) in [4.78, 5) is 38.3. The topological polar surface area (TPSA) is 88.3 Å². The number of aliphatic imine (C=N–C) groups is 3. The summed E-state index contributed by atoms with van der Waals surface area (Å²) >= 11 is 0. The number of carbonyl (C=O) groups excluding carboxylic acids is 3. The van der Waals surface area contributed by atoms with E-state index < -0.39 is 0 Å². The largest absolute Gasteiger partial charge is 0.242 e. The summed E-state index contributed by atoms with van der Waals surface area (Å²) in [5, 5.41) is 0. The molecule has 0 amide bonds. The Kier molecular flexibility index (Phi) is 4.65. The second-order valence-electron chi connectivity index (χ2n) is 1.52. The molecule has 0 spiro atoms. The first-order chi connectivity index (χ1) is 5.76. The van der Waals surface area contributed by atoms with E-state index in [9.17, 15) is 14.4 Å². The van der Waals surface area contributed by atoms with Crippen molar-refractivity contribution in [2.75, 3.05) is 0 Å². The zero-order chi connectivity index (χ0) is 9.40.